The van der Waals surface area contributed by atoms with Crippen LogP contribution in [0, 0.1) is 11.3 Å². The summed E-state index contributed by atoms with van der Waals surface area (Å²) < 4.78 is 6.14. The molecule has 0 aliphatic heterocycles. The van der Waals surface area contributed by atoms with Crippen LogP contribution < -0.4 is 10.9 Å². The van der Waals surface area contributed by atoms with Crippen LogP contribution in [0.25, 0.3) is 10.2 Å². The molecule has 0 fully saturated rings. The monoisotopic (exact) mass is 428 g/mol. The van der Waals surface area contributed by atoms with Gasteiger partial charge in [0.2, 0.25) is 5.91 Å². The average molecular weight is 428 g/mol. The lowest BCUT2D eigenvalue weighted by Crippen LogP contribution is -2.28. The predicted molar refractivity (Wildman–Crippen MR) is 110 cm³/mol. The topological polar surface area (TPSA) is 114 Å². The zero-order valence-electron chi connectivity index (χ0n) is 15.5. The molecular weight excluding hydrogens is 412 g/mol. The van der Waals surface area contributed by atoms with Crippen LogP contribution in [0.3, 0.4) is 0 Å². The van der Waals surface area contributed by atoms with Gasteiger partial charge in [-0.15, -0.1) is 22.7 Å². The van der Waals surface area contributed by atoms with E-state index in [0.717, 1.165) is 34.3 Å². The van der Waals surface area contributed by atoms with Crippen molar-refractivity contribution in [3.05, 3.63) is 43.6 Å². The third-order valence-electron chi connectivity index (χ3n) is 4.66. The summed E-state index contributed by atoms with van der Waals surface area (Å²) in [7, 11) is 0. The van der Waals surface area contributed by atoms with Gasteiger partial charge in [0.15, 0.2) is 0 Å². The molecule has 1 aliphatic carbocycles. The van der Waals surface area contributed by atoms with Crippen LogP contribution in [0.4, 0.5) is 5.00 Å². The summed E-state index contributed by atoms with van der Waals surface area (Å²) in [5.41, 5.74) is 1.20. The molecule has 4 rings (SSSR count). The molecule has 10 heteroatoms. The summed E-state index contributed by atoms with van der Waals surface area (Å²) in [5.74, 6) is -1.02. The maximum Gasteiger partial charge on any atom is 0.339 e. The van der Waals surface area contributed by atoms with Crippen molar-refractivity contribution >= 4 is 49.8 Å². The van der Waals surface area contributed by atoms with Crippen molar-refractivity contribution < 1.29 is 14.3 Å². The van der Waals surface area contributed by atoms with Crippen molar-refractivity contribution in [1.29, 1.82) is 5.26 Å². The van der Waals surface area contributed by atoms with E-state index in [9.17, 15) is 19.6 Å². The maximum atomic E-state index is 12.8. The molecule has 0 saturated carbocycles. The number of anilines is 1. The number of nitrogens with zero attached hydrogens (tertiary/aromatic N) is 3. The van der Waals surface area contributed by atoms with E-state index in [0.29, 0.717) is 15.4 Å². The molecular formula is C19H16N4O4S2. The number of hydrogen-bond acceptors (Lipinski definition) is 8. The smallest absolute Gasteiger partial charge is 0.339 e. The Balaban J connectivity index is 1.60. The van der Waals surface area contributed by atoms with E-state index in [4.69, 9.17) is 4.74 Å². The normalized spacial score (nSPS) is 12.6. The SMILES string of the molecule is CCOC(=O)c1csc2ncn(CC(=O)Nc3sc4c(c3C#N)CCC4)c(=O)c12. The van der Waals surface area contributed by atoms with Crippen LogP contribution in [0.1, 0.15) is 39.7 Å². The van der Waals surface area contributed by atoms with E-state index >= 15 is 0 Å². The molecule has 0 atom stereocenters. The second-order valence-corrected chi connectivity index (χ2v) is 8.41. The van der Waals surface area contributed by atoms with Crippen molar-refractivity contribution in [1.82, 2.24) is 9.55 Å². The number of rotatable bonds is 5. The second-order valence-electron chi connectivity index (χ2n) is 6.45. The standard InChI is InChI=1S/C19H16N4O4S2/c1-2-27-19(26)12-8-28-17-15(12)18(25)23(9-21-17)7-14(24)22-16-11(6-20)10-4-3-5-13(10)29-16/h8-9H,2-5,7H2,1H3,(H,22,24). The number of hydrogen-bond donors (Lipinski definition) is 1. The molecule has 1 aliphatic rings. The van der Waals surface area contributed by atoms with Crippen LogP contribution in [0.15, 0.2) is 16.5 Å². The highest BCUT2D eigenvalue weighted by Crippen LogP contribution is 2.38. The fourth-order valence-corrected chi connectivity index (χ4v) is 5.49. The van der Waals surface area contributed by atoms with Crippen LogP contribution in [0.5, 0.6) is 0 Å². The Kier molecular flexibility index (Phi) is 5.17. The van der Waals surface area contributed by atoms with Gasteiger partial charge in [-0.3, -0.25) is 14.2 Å². The van der Waals surface area contributed by atoms with Crippen molar-refractivity contribution in [2.75, 3.05) is 11.9 Å². The Hall–Kier alpha value is -3.03. The molecule has 0 spiro atoms. The molecule has 0 radical (unpaired) electrons. The Morgan fingerprint density at radius 2 is 2.24 bits per heavy atom. The maximum absolute atomic E-state index is 12.8. The lowest BCUT2D eigenvalue weighted by atomic mass is 10.1. The molecule has 148 valence electrons. The molecule has 0 unspecified atom stereocenters. The Bertz CT molecular complexity index is 1230. The summed E-state index contributed by atoms with van der Waals surface area (Å²) >= 11 is 2.59. The molecule has 29 heavy (non-hydrogen) atoms. The van der Waals surface area contributed by atoms with Crippen molar-refractivity contribution in [3.63, 3.8) is 0 Å². The first-order valence-electron chi connectivity index (χ1n) is 9.01. The number of nitrogens with one attached hydrogen (secondary N) is 1. The first-order valence-corrected chi connectivity index (χ1v) is 10.7. The zero-order valence-corrected chi connectivity index (χ0v) is 17.1. The minimum absolute atomic E-state index is 0.150. The van der Waals surface area contributed by atoms with E-state index in [-0.39, 0.29) is 24.1 Å². The van der Waals surface area contributed by atoms with Crippen LogP contribution >= 0.6 is 22.7 Å². The van der Waals surface area contributed by atoms with Gasteiger partial charge in [-0.25, -0.2) is 9.78 Å². The van der Waals surface area contributed by atoms with Crippen molar-refractivity contribution in [3.8, 4) is 6.07 Å². The molecule has 0 saturated heterocycles. The van der Waals surface area contributed by atoms with Gasteiger partial charge in [-0.2, -0.15) is 5.26 Å². The zero-order chi connectivity index (χ0) is 20.5. The lowest BCUT2D eigenvalue weighted by molar-refractivity contribution is -0.116. The summed E-state index contributed by atoms with van der Waals surface area (Å²) in [6.45, 7) is 1.61. The van der Waals surface area contributed by atoms with Crippen LogP contribution in [0.2, 0.25) is 0 Å². The summed E-state index contributed by atoms with van der Waals surface area (Å²) in [6, 6.07) is 2.17. The van der Waals surface area contributed by atoms with Gasteiger partial charge < -0.3 is 10.1 Å². The van der Waals surface area contributed by atoms with Crippen molar-refractivity contribution in [2.45, 2.75) is 32.7 Å². The first kappa shape index (κ1) is 19.3. The average Bonchev–Trinajstić information content (AvgIpc) is 3.38. The number of aryl methyl sites for hydroxylation is 1. The van der Waals surface area contributed by atoms with Gasteiger partial charge >= 0.3 is 5.97 Å². The lowest BCUT2D eigenvalue weighted by Gasteiger charge is -2.07. The van der Waals surface area contributed by atoms with Gasteiger partial charge in [-0.05, 0) is 31.7 Å². The number of thiophene rings is 2. The van der Waals surface area contributed by atoms with Gasteiger partial charge in [-0.1, -0.05) is 0 Å². The molecule has 3 heterocycles. The number of carbonyl (C=O) groups excluding carboxylic acids is 2. The number of ether oxygens (including phenoxy) is 1. The second kappa shape index (κ2) is 7.77. The third-order valence-corrected chi connectivity index (χ3v) is 6.75. The molecule has 3 aromatic heterocycles. The van der Waals surface area contributed by atoms with Gasteiger partial charge in [0.05, 0.1) is 29.4 Å². The summed E-state index contributed by atoms with van der Waals surface area (Å²) in [4.78, 5) is 43.2. The fraction of sp³-hybridized carbons (Fsp3) is 0.316. The number of aromatic nitrogens is 2. The summed E-state index contributed by atoms with van der Waals surface area (Å²) in [6.07, 6.45) is 4.07. The van der Waals surface area contributed by atoms with Crippen molar-refractivity contribution in [2.24, 2.45) is 0 Å². The highest BCUT2D eigenvalue weighted by molar-refractivity contribution is 7.17. The highest BCUT2D eigenvalue weighted by Gasteiger charge is 2.24. The number of fused-ring (bicyclic) bond motifs is 2. The number of amides is 1. The Morgan fingerprint density at radius 1 is 1.41 bits per heavy atom. The summed E-state index contributed by atoms with van der Waals surface area (Å²) in [5, 5.41) is 14.4. The Morgan fingerprint density at radius 3 is 3.00 bits per heavy atom. The predicted octanol–water partition coefficient (Wildman–Crippen LogP) is 2.70. The number of nitriles is 1. The highest BCUT2D eigenvalue weighted by atomic mass is 32.1. The minimum atomic E-state index is -0.591. The molecule has 8 nitrogen and oxygen atoms in total. The Labute approximate surface area is 173 Å². The minimum Gasteiger partial charge on any atom is -0.462 e. The van der Waals surface area contributed by atoms with Gasteiger partial charge in [0.1, 0.15) is 22.4 Å². The van der Waals surface area contributed by atoms with E-state index in [1.165, 1.54) is 34.4 Å². The molecule has 1 amide bonds. The van der Waals surface area contributed by atoms with Crippen LogP contribution in [-0.2, 0) is 28.9 Å². The van der Waals surface area contributed by atoms with Gasteiger partial charge in [0, 0.05) is 10.3 Å². The fourth-order valence-electron chi connectivity index (χ4n) is 3.37. The largest absolute Gasteiger partial charge is 0.462 e. The van der Waals surface area contributed by atoms with E-state index in [2.05, 4.69) is 16.4 Å². The molecule has 0 bridgehead atoms. The molecule has 3 aromatic rings. The molecule has 0 aromatic carbocycles. The van der Waals surface area contributed by atoms with Gasteiger partial charge in [0.25, 0.3) is 5.56 Å². The van der Waals surface area contributed by atoms with E-state index in [1.54, 1.807) is 6.92 Å². The van der Waals surface area contributed by atoms with Crippen LogP contribution in [-0.4, -0.2) is 28.0 Å². The van der Waals surface area contributed by atoms with E-state index < -0.39 is 17.4 Å². The number of carbonyl (C=O) groups is 2. The molecule has 1 N–H and O–H groups in total. The third kappa shape index (κ3) is 3.43. The quantitative estimate of drug-likeness (QED) is 0.625. The first-order chi connectivity index (χ1) is 14.0. The number of esters is 1. The van der Waals surface area contributed by atoms with E-state index in [1.807, 2.05) is 0 Å².